The molecule has 0 spiro atoms. The highest BCUT2D eigenvalue weighted by Crippen LogP contribution is 2.31. The van der Waals surface area contributed by atoms with E-state index in [9.17, 15) is 4.79 Å². The number of aromatic nitrogens is 1. The van der Waals surface area contributed by atoms with Crippen molar-refractivity contribution in [2.24, 2.45) is 5.92 Å². The van der Waals surface area contributed by atoms with E-state index in [0.717, 1.165) is 62.5 Å². The van der Waals surface area contributed by atoms with Crippen LogP contribution in [0.4, 0.5) is 5.13 Å². The molecule has 4 nitrogen and oxygen atoms in total. The number of thiazole rings is 1. The molecule has 1 aliphatic heterocycles. The second-order valence-corrected chi connectivity index (χ2v) is 7.56. The van der Waals surface area contributed by atoms with Crippen LogP contribution in [-0.4, -0.2) is 42.0 Å². The van der Waals surface area contributed by atoms with Crippen molar-refractivity contribution >= 4 is 32.6 Å². The Morgan fingerprint density at radius 3 is 2.50 bits per heavy atom. The van der Waals surface area contributed by atoms with Crippen molar-refractivity contribution < 1.29 is 4.79 Å². The number of anilines is 1. The number of benzene rings is 1. The number of amides is 1. The van der Waals surface area contributed by atoms with Crippen LogP contribution in [0.15, 0.2) is 24.3 Å². The van der Waals surface area contributed by atoms with Crippen LogP contribution >= 0.6 is 11.3 Å². The first-order valence-corrected chi connectivity index (χ1v) is 9.93. The largest absolute Gasteiger partial charge is 0.348 e. The predicted octanol–water partition coefficient (Wildman–Crippen LogP) is 4.16. The van der Waals surface area contributed by atoms with Crippen LogP contribution in [0.5, 0.6) is 0 Å². The Morgan fingerprint density at radius 2 is 1.88 bits per heavy atom. The van der Waals surface area contributed by atoms with Gasteiger partial charge in [-0.15, -0.1) is 0 Å². The van der Waals surface area contributed by atoms with Crippen LogP contribution in [0.3, 0.4) is 0 Å². The summed E-state index contributed by atoms with van der Waals surface area (Å²) in [5, 5.41) is 1.10. The van der Waals surface area contributed by atoms with Crippen LogP contribution in [0.1, 0.15) is 39.5 Å². The molecule has 24 heavy (non-hydrogen) atoms. The normalized spacial score (nSPS) is 15.8. The predicted molar refractivity (Wildman–Crippen MR) is 102 cm³/mol. The molecule has 1 amide bonds. The number of rotatable bonds is 6. The Bertz CT molecular complexity index is 637. The molecule has 1 fully saturated rings. The standard InChI is InChI=1S/C19H27N3OS/c1-3-11-21(12-4-2)18(23)15-9-13-22(14-10-15)19-20-16-7-5-6-8-17(16)24-19/h5-8,15H,3-4,9-14H2,1-2H3. The highest BCUT2D eigenvalue weighted by atomic mass is 32.1. The zero-order valence-corrected chi connectivity index (χ0v) is 15.5. The van der Waals surface area contributed by atoms with Gasteiger partial charge in [-0.3, -0.25) is 4.79 Å². The number of para-hydroxylation sites is 1. The van der Waals surface area contributed by atoms with Gasteiger partial charge in [0.05, 0.1) is 10.2 Å². The molecule has 2 heterocycles. The number of carbonyl (C=O) groups is 1. The zero-order chi connectivity index (χ0) is 16.9. The SMILES string of the molecule is CCCN(CCC)C(=O)C1CCN(c2nc3ccccc3s2)CC1. The lowest BCUT2D eigenvalue weighted by molar-refractivity contribution is -0.136. The van der Waals surface area contributed by atoms with Gasteiger partial charge in [0.25, 0.3) is 0 Å². The summed E-state index contributed by atoms with van der Waals surface area (Å²) in [7, 11) is 0. The smallest absolute Gasteiger partial charge is 0.225 e. The Morgan fingerprint density at radius 1 is 1.21 bits per heavy atom. The molecule has 1 aromatic heterocycles. The molecule has 0 atom stereocenters. The van der Waals surface area contributed by atoms with Crippen molar-refractivity contribution in [3.8, 4) is 0 Å². The third kappa shape index (κ3) is 3.72. The minimum absolute atomic E-state index is 0.189. The second kappa shape index (κ2) is 7.97. The molecule has 1 aromatic carbocycles. The van der Waals surface area contributed by atoms with Gasteiger partial charge < -0.3 is 9.80 Å². The molecule has 1 aliphatic rings. The maximum absolute atomic E-state index is 12.8. The highest BCUT2D eigenvalue weighted by Gasteiger charge is 2.29. The van der Waals surface area contributed by atoms with Gasteiger partial charge in [0.1, 0.15) is 0 Å². The molecule has 3 rings (SSSR count). The first-order chi connectivity index (χ1) is 11.7. The van der Waals surface area contributed by atoms with Crippen molar-refractivity contribution in [3.05, 3.63) is 24.3 Å². The molecule has 5 heteroatoms. The topological polar surface area (TPSA) is 36.4 Å². The third-order valence-electron chi connectivity index (χ3n) is 4.70. The van der Waals surface area contributed by atoms with Crippen molar-refractivity contribution in [2.45, 2.75) is 39.5 Å². The van der Waals surface area contributed by atoms with Gasteiger partial charge in [-0.1, -0.05) is 37.3 Å². The monoisotopic (exact) mass is 345 g/mol. The fourth-order valence-electron chi connectivity index (χ4n) is 3.44. The maximum atomic E-state index is 12.8. The first-order valence-electron chi connectivity index (χ1n) is 9.12. The number of nitrogens with zero attached hydrogens (tertiary/aromatic N) is 3. The summed E-state index contributed by atoms with van der Waals surface area (Å²) in [6.45, 7) is 7.94. The van der Waals surface area contributed by atoms with Crippen LogP contribution in [0.2, 0.25) is 0 Å². The van der Waals surface area contributed by atoms with E-state index in [2.05, 4.69) is 41.8 Å². The average molecular weight is 346 g/mol. The summed E-state index contributed by atoms with van der Waals surface area (Å²) in [5.74, 6) is 0.552. The van der Waals surface area contributed by atoms with Gasteiger partial charge in [-0.05, 0) is 37.8 Å². The van der Waals surface area contributed by atoms with E-state index in [1.54, 1.807) is 11.3 Å². The van der Waals surface area contributed by atoms with E-state index in [4.69, 9.17) is 4.98 Å². The quantitative estimate of drug-likeness (QED) is 0.789. The van der Waals surface area contributed by atoms with Gasteiger partial charge in [0.2, 0.25) is 5.91 Å². The van der Waals surface area contributed by atoms with Crippen molar-refractivity contribution in [1.82, 2.24) is 9.88 Å². The molecule has 0 bridgehead atoms. The summed E-state index contributed by atoms with van der Waals surface area (Å²) in [4.78, 5) is 21.9. The van der Waals surface area contributed by atoms with Crippen LogP contribution in [0, 0.1) is 5.92 Å². The highest BCUT2D eigenvalue weighted by molar-refractivity contribution is 7.22. The molecule has 1 saturated heterocycles. The van der Waals surface area contributed by atoms with E-state index in [1.807, 2.05) is 6.07 Å². The maximum Gasteiger partial charge on any atom is 0.225 e. The summed E-state index contributed by atoms with van der Waals surface area (Å²) in [6, 6.07) is 8.29. The minimum atomic E-state index is 0.189. The van der Waals surface area contributed by atoms with Gasteiger partial charge in [0.15, 0.2) is 5.13 Å². The molecule has 2 aromatic rings. The molecule has 130 valence electrons. The van der Waals surface area contributed by atoms with Crippen LogP contribution in [-0.2, 0) is 4.79 Å². The lowest BCUT2D eigenvalue weighted by Gasteiger charge is -2.34. The fraction of sp³-hybridized carbons (Fsp3) is 0.579. The van der Waals surface area contributed by atoms with E-state index in [0.29, 0.717) is 5.91 Å². The lowest BCUT2D eigenvalue weighted by Crippen LogP contribution is -2.43. The van der Waals surface area contributed by atoms with Crippen molar-refractivity contribution in [3.63, 3.8) is 0 Å². The molecule has 0 N–H and O–H groups in total. The fourth-order valence-corrected chi connectivity index (χ4v) is 4.46. The second-order valence-electron chi connectivity index (χ2n) is 6.55. The number of piperidine rings is 1. The minimum Gasteiger partial charge on any atom is -0.348 e. The average Bonchev–Trinajstić information content (AvgIpc) is 3.05. The molecular formula is C19H27N3OS. The molecule has 0 saturated carbocycles. The van der Waals surface area contributed by atoms with Crippen LogP contribution in [0.25, 0.3) is 10.2 Å². The summed E-state index contributed by atoms with van der Waals surface area (Å²) in [6.07, 6.45) is 3.96. The summed E-state index contributed by atoms with van der Waals surface area (Å²) < 4.78 is 1.24. The van der Waals surface area contributed by atoms with Gasteiger partial charge in [0, 0.05) is 32.1 Å². The van der Waals surface area contributed by atoms with E-state index >= 15 is 0 Å². The first kappa shape index (κ1) is 17.2. The lowest BCUT2D eigenvalue weighted by atomic mass is 9.95. The van der Waals surface area contributed by atoms with Crippen molar-refractivity contribution in [2.75, 3.05) is 31.1 Å². The Balaban J connectivity index is 1.61. The number of fused-ring (bicyclic) bond motifs is 1. The van der Waals surface area contributed by atoms with Gasteiger partial charge in [-0.25, -0.2) is 4.98 Å². The zero-order valence-electron chi connectivity index (χ0n) is 14.7. The van der Waals surface area contributed by atoms with Crippen molar-refractivity contribution in [1.29, 1.82) is 0 Å². The summed E-state index contributed by atoms with van der Waals surface area (Å²) in [5.41, 5.74) is 1.08. The Kier molecular flexibility index (Phi) is 5.72. The van der Waals surface area contributed by atoms with E-state index < -0.39 is 0 Å². The Hall–Kier alpha value is -1.62. The summed E-state index contributed by atoms with van der Waals surface area (Å²) >= 11 is 1.76. The van der Waals surface area contributed by atoms with Gasteiger partial charge >= 0.3 is 0 Å². The van der Waals surface area contributed by atoms with Crippen LogP contribution < -0.4 is 4.90 Å². The number of hydrogen-bond donors (Lipinski definition) is 0. The molecule has 0 radical (unpaired) electrons. The molecular weight excluding hydrogens is 318 g/mol. The van der Waals surface area contributed by atoms with E-state index in [-0.39, 0.29) is 5.92 Å². The number of carbonyl (C=O) groups excluding carboxylic acids is 1. The van der Waals surface area contributed by atoms with E-state index in [1.165, 1.54) is 4.70 Å². The Labute approximate surface area is 148 Å². The molecule has 0 unspecified atom stereocenters. The third-order valence-corrected chi connectivity index (χ3v) is 5.79. The van der Waals surface area contributed by atoms with Gasteiger partial charge in [-0.2, -0.15) is 0 Å². The number of hydrogen-bond acceptors (Lipinski definition) is 4. The molecule has 0 aliphatic carbocycles.